The van der Waals surface area contributed by atoms with E-state index >= 15 is 0 Å². The normalized spacial score (nSPS) is 25.6. The molecule has 170 valence electrons. The van der Waals surface area contributed by atoms with Crippen molar-refractivity contribution in [3.63, 3.8) is 0 Å². The predicted octanol–water partition coefficient (Wildman–Crippen LogP) is 0.645. The second-order valence-corrected chi connectivity index (χ2v) is 8.18. The van der Waals surface area contributed by atoms with Gasteiger partial charge in [0.2, 0.25) is 5.91 Å². The number of hydrogen-bond acceptors (Lipinski definition) is 6. The number of carbonyl (C=O) groups is 2. The Morgan fingerprint density at radius 3 is 2.12 bits per heavy atom. The highest BCUT2D eigenvalue weighted by atomic mass is 16.5. The fourth-order valence-corrected chi connectivity index (χ4v) is 4.20. The molecule has 0 aromatic heterocycles. The van der Waals surface area contributed by atoms with E-state index in [-0.39, 0.29) is 24.8 Å². The fraction of sp³-hybridized carbons (Fsp3) is 0.417. The number of carbonyl (C=O) groups excluding carboxylic acids is 2. The molecule has 0 bridgehead atoms. The molecule has 0 radical (unpaired) electrons. The standard InChI is InChI=1S/C24H29N3O5/c28-21(27-13-11-26(12-14-27)18-9-5-2-6-10-18)15-19-22(29)23(30)20(32-19)16-25-24(31)17-7-3-1-4-8-17/h1-10,19-20,22-23,29-30H,11-16H2,(H,25,31)/t19-,20-,22-,23+/m0/s1. The van der Waals surface area contributed by atoms with Gasteiger partial charge in [-0.2, -0.15) is 0 Å². The summed E-state index contributed by atoms with van der Waals surface area (Å²) in [6.07, 6.45) is -3.93. The SMILES string of the molecule is O=C(NC[C@@H]1O[C@@H](CC(=O)N2CCN(c3ccccc3)CC2)[C@H](O)[C@@H]1O)c1ccccc1. The van der Waals surface area contributed by atoms with Crippen LogP contribution in [0.4, 0.5) is 5.69 Å². The Labute approximate surface area is 187 Å². The second-order valence-electron chi connectivity index (χ2n) is 8.18. The molecule has 8 nitrogen and oxygen atoms in total. The lowest BCUT2D eigenvalue weighted by Gasteiger charge is -2.36. The molecule has 8 heteroatoms. The van der Waals surface area contributed by atoms with Crippen LogP contribution in [-0.4, -0.2) is 84.1 Å². The number of hydrogen-bond donors (Lipinski definition) is 3. The van der Waals surface area contributed by atoms with Gasteiger partial charge in [0.05, 0.1) is 12.5 Å². The first-order valence-electron chi connectivity index (χ1n) is 11.0. The zero-order valence-corrected chi connectivity index (χ0v) is 17.8. The van der Waals surface area contributed by atoms with Crippen LogP contribution in [0.1, 0.15) is 16.8 Å². The topological polar surface area (TPSA) is 102 Å². The molecule has 2 amide bonds. The Hall–Kier alpha value is -2.94. The van der Waals surface area contributed by atoms with Gasteiger partial charge in [-0.15, -0.1) is 0 Å². The van der Waals surface area contributed by atoms with Crippen molar-refractivity contribution in [3.05, 3.63) is 66.2 Å². The molecule has 32 heavy (non-hydrogen) atoms. The van der Waals surface area contributed by atoms with E-state index in [1.807, 2.05) is 24.3 Å². The van der Waals surface area contributed by atoms with Crippen LogP contribution in [0.5, 0.6) is 0 Å². The van der Waals surface area contributed by atoms with Crippen LogP contribution in [0.3, 0.4) is 0 Å². The van der Waals surface area contributed by atoms with Crippen LogP contribution in [-0.2, 0) is 9.53 Å². The third-order valence-electron chi connectivity index (χ3n) is 6.09. The molecule has 0 saturated carbocycles. The van der Waals surface area contributed by atoms with Gasteiger partial charge in [-0.1, -0.05) is 36.4 Å². The van der Waals surface area contributed by atoms with Gasteiger partial charge in [0.15, 0.2) is 0 Å². The molecule has 2 aromatic rings. The Morgan fingerprint density at radius 1 is 0.875 bits per heavy atom. The molecule has 4 rings (SSSR count). The molecule has 2 heterocycles. The summed E-state index contributed by atoms with van der Waals surface area (Å²) in [7, 11) is 0. The number of rotatable bonds is 6. The van der Waals surface area contributed by atoms with Crippen molar-refractivity contribution < 1.29 is 24.5 Å². The molecular weight excluding hydrogens is 410 g/mol. The van der Waals surface area contributed by atoms with Crippen LogP contribution in [0, 0.1) is 0 Å². The molecule has 2 fully saturated rings. The quantitative estimate of drug-likeness (QED) is 0.611. The van der Waals surface area contributed by atoms with Crippen molar-refractivity contribution in [1.29, 1.82) is 0 Å². The number of piperazine rings is 1. The maximum absolute atomic E-state index is 12.8. The molecular formula is C24H29N3O5. The zero-order chi connectivity index (χ0) is 22.5. The van der Waals surface area contributed by atoms with E-state index < -0.39 is 24.4 Å². The molecule has 0 spiro atoms. The third kappa shape index (κ3) is 5.09. The second kappa shape index (κ2) is 10.1. The predicted molar refractivity (Wildman–Crippen MR) is 119 cm³/mol. The van der Waals surface area contributed by atoms with Crippen LogP contribution >= 0.6 is 0 Å². The zero-order valence-electron chi connectivity index (χ0n) is 17.8. The minimum atomic E-state index is -1.18. The summed E-state index contributed by atoms with van der Waals surface area (Å²) in [6.45, 7) is 2.71. The number of aliphatic hydroxyl groups excluding tert-OH is 2. The largest absolute Gasteiger partial charge is 0.388 e. The summed E-state index contributed by atoms with van der Waals surface area (Å²) in [6, 6.07) is 18.8. The molecule has 3 N–H and O–H groups in total. The highest BCUT2D eigenvalue weighted by molar-refractivity contribution is 5.94. The molecule has 4 atom stereocenters. The van der Waals surface area contributed by atoms with Crippen molar-refractivity contribution in [2.45, 2.75) is 30.8 Å². The summed E-state index contributed by atoms with van der Waals surface area (Å²) in [5, 5.41) is 23.4. The smallest absolute Gasteiger partial charge is 0.251 e. The van der Waals surface area contributed by atoms with E-state index in [1.165, 1.54) is 0 Å². The Bertz CT molecular complexity index is 902. The Balaban J connectivity index is 1.25. The number of amides is 2. The summed E-state index contributed by atoms with van der Waals surface area (Å²) < 4.78 is 5.75. The lowest BCUT2D eigenvalue weighted by Crippen LogP contribution is -2.49. The van der Waals surface area contributed by atoms with E-state index in [1.54, 1.807) is 29.2 Å². The van der Waals surface area contributed by atoms with Gasteiger partial charge < -0.3 is 30.1 Å². The number of para-hydroxylation sites is 1. The monoisotopic (exact) mass is 439 g/mol. The summed E-state index contributed by atoms with van der Waals surface area (Å²) in [4.78, 5) is 29.0. The summed E-state index contributed by atoms with van der Waals surface area (Å²) in [5.41, 5.74) is 1.64. The Kier molecular flexibility index (Phi) is 7.04. The molecule has 0 aliphatic carbocycles. The molecule has 2 aliphatic heterocycles. The first-order chi connectivity index (χ1) is 15.5. The fourth-order valence-electron chi connectivity index (χ4n) is 4.20. The molecule has 2 saturated heterocycles. The van der Waals surface area contributed by atoms with E-state index in [9.17, 15) is 19.8 Å². The number of ether oxygens (including phenoxy) is 1. The summed E-state index contributed by atoms with van der Waals surface area (Å²) >= 11 is 0. The first-order valence-corrected chi connectivity index (χ1v) is 11.0. The number of anilines is 1. The highest BCUT2D eigenvalue weighted by Gasteiger charge is 2.44. The highest BCUT2D eigenvalue weighted by Crippen LogP contribution is 2.25. The van der Waals surface area contributed by atoms with Crippen molar-refractivity contribution in [2.75, 3.05) is 37.6 Å². The number of aliphatic hydroxyl groups is 2. The van der Waals surface area contributed by atoms with E-state index in [2.05, 4.69) is 22.3 Å². The van der Waals surface area contributed by atoms with E-state index in [0.29, 0.717) is 18.7 Å². The van der Waals surface area contributed by atoms with Crippen LogP contribution in [0.15, 0.2) is 60.7 Å². The van der Waals surface area contributed by atoms with Crippen molar-refractivity contribution >= 4 is 17.5 Å². The summed E-state index contributed by atoms with van der Waals surface area (Å²) in [5.74, 6) is -0.394. The van der Waals surface area contributed by atoms with Gasteiger partial charge in [0.25, 0.3) is 5.91 Å². The number of nitrogens with one attached hydrogen (secondary N) is 1. The number of nitrogens with zero attached hydrogens (tertiary/aromatic N) is 2. The van der Waals surface area contributed by atoms with Gasteiger partial charge >= 0.3 is 0 Å². The van der Waals surface area contributed by atoms with Crippen molar-refractivity contribution in [2.24, 2.45) is 0 Å². The molecule has 2 aromatic carbocycles. The molecule has 0 unspecified atom stereocenters. The van der Waals surface area contributed by atoms with Gasteiger partial charge in [0, 0.05) is 44.0 Å². The van der Waals surface area contributed by atoms with Gasteiger partial charge in [-0.25, -0.2) is 0 Å². The number of benzene rings is 2. The van der Waals surface area contributed by atoms with E-state index in [4.69, 9.17) is 4.74 Å². The van der Waals surface area contributed by atoms with Crippen LogP contribution in [0.25, 0.3) is 0 Å². The van der Waals surface area contributed by atoms with Gasteiger partial charge in [-0.05, 0) is 24.3 Å². The van der Waals surface area contributed by atoms with Crippen LogP contribution < -0.4 is 10.2 Å². The minimum Gasteiger partial charge on any atom is -0.388 e. The first kappa shape index (κ1) is 22.3. The average molecular weight is 440 g/mol. The molecule has 2 aliphatic rings. The maximum Gasteiger partial charge on any atom is 0.251 e. The van der Waals surface area contributed by atoms with Gasteiger partial charge in [0.1, 0.15) is 18.3 Å². The van der Waals surface area contributed by atoms with E-state index in [0.717, 1.165) is 18.8 Å². The van der Waals surface area contributed by atoms with Crippen LogP contribution in [0.2, 0.25) is 0 Å². The lowest BCUT2D eigenvalue weighted by molar-refractivity contribution is -0.135. The lowest BCUT2D eigenvalue weighted by atomic mass is 10.0. The van der Waals surface area contributed by atoms with Gasteiger partial charge in [-0.3, -0.25) is 9.59 Å². The average Bonchev–Trinajstić information content (AvgIpc) is 3.11. The third-order valence-corrected chi connectivity index (χ3v) is 6.09. The maximum atomic E-state index is 12.8. The Morgan fingerprint density at radius 2 is 1.47 bits per heavy atom. The van der Waals surface area contributed by atoms with Crippen molar-refractivity contribution in [3.8, 4) is 0 Å². The van der Waals surface area contributed by atoms with Crippen molar-refractivity contribution in [1.82, 2.24) is 10.2 Å². The minimum absolute atomic E-state index is 0.00725.